The fourth-order valence-corrected chi connectivity index (χ4v) is 4.34. The van der Waals surface area contributed by atoms with Gasteiger partial charge in [0.1, 0.15) is 0 Å². The molecule has 3 heterocycles. The van der Waals surface area contributed by atoms with Crippen molar-refractivity contribution in [2.24, 2.45) is 5.41 Å². The minimum Gasteiger partial charge on any atom is -0.383 e. The first-order valence-electron chi connectivity index (χ1n) is 9.20. The van der Waals surface area contributed by atoms with E-state index in [1.165, 1.54) is 12.3 Å². The fraction of sp³-hybridized carbons (Fsp3) is 0.684. The Balaban J connectivity index is 1.61. The van der Waals surface area contributed by atoms with Gasteiger partial charge >= 0.3 is 0 Å². The molecule has 0 saturated carbocycles. The number of aromatic nitrogens is 1. The normalized spacial score (nSPS) is 22.9. The van der Waals surface area contributed by atoms with Crippen molar-refractivity contribution in [3.8, 4) is 0 Å². The number of ether oxygens (including phenoxy) is 2. The third kappa shape index (κ3) is 4.22. The van der Waals surface area contributed by atoms with Crippen LogP contribution in [0.1, 0.15) is 29.6 Å². The second-order valence-corrected chi connectivity index (χ2v) is 7.44. The number of halogens is 1. The van der Waals surface area contributed by atoms with Crippen LogP contribution >= 0.6 is 0 Å². The van der Waals surface area contributed by atoms with E-state index < -0.39 is 5.95 Å². The molecule has 0 N–H and O–H groups in total. The maximum absolute atomic E-state index is 13.3. The van der Waals surface area contributed by atoms with Gasteiger partial charge in [0.25, 0.3) is 5.91 Å². The molecule has 3 rings (SSSR count). The van der Waals surface area contributed by atoms with Gasteiger partial charge in [0.05, 0.1) is 13.2 Å². The maximum atomic E-state index is 13.3. The van der Waals surface area contributed by atoms with Gasteiger partial charge in [0.2, 0.25) is 5.95 Å². The Bertz CT molecular complexity index is 620. The number of hydrogen-bond acceptors (Lipinski definition) is 5. The van der Waals surface area contributed by atoms with Gasteiger partial charge in [-0.15, -0.1) is 0 Å². The molecule has 0 bridgehead atoms. The van der Waals surface area contributed by atoms with Crippen molar-refractivity contribution in [1.82, 2.24) is 14.8 Å². The first-order valence-corrected chi connectivity index (χ1v) is 9.20. The quantitative estimate of drug-likeness (QED) is 0.720. The number of hydrogen-bond donors (Lipinski definition) is 0. The molecule has 1 amide bonds. The average Bonchev–Trinajstić information content (AvgIpc) is 2.97. The van der Waals surface area contributed by atoms with Crippen LogP contribution in [-0.4, -0.2) is 80.3 Å². The van der Waals surface area contributed by atoms with Crippen molar-refractivity contribution in [2.75, 3.05) is 53.6 Å². The number of nitrogens with zero attached hydrogens (tertiary/aromatic N) is 3. The predicted octanol–water partition coefficient (Wildman–Crippen LogP) is 1.81. The topological polar surface area (TPSA) is 54.9 Å². The number of carbonyl (C=O) groups is 1. The first kappa shape index (κ1) is 19.2. The molecule has 1 atom stereocenters. The Kier molecular flexibility index (Phi) is 6.21. The molecule has 2 aliphatic rings. The molecular weight excluding hydrogens is 337 g/mol. The number of piperidine rings is 1. The van der Waals surface area contributed by atoms with Gasteiger partial charge in [-0.05, 0) is 30.7 Å². The van der Waals surface area contributed by atoms with Gasteiger partial charge in [-0.25, -0.2) is 4.98 Å². The molecule has 1 spiro atoms. The number of methoxy groups -OCH3 is 2. The van der Waals surface area contributed by atoms with E-state index in [1.807, 2.05) is 4.90 Å². The van der Waals surface area contributed by atoms with Crippen LogP contribution in [0.15, 0.2) is 18.3 Å². The van der Waals surface area contributed by atoms with Crippen LogP contribution < -0.4 is 0 Å². The first-order chi connectivity index (χ1) is 12.6. The van der Waals surface area contributed by atoms with Gasteiger partial charge in [0, 0.05) is 64.3 Å². The lowest BCUT2D eigenvalue weighted by molar-refractivity contribution is 0.0581. The minimum atomic E-state index is -0.615. The van der Waals surface area contributed by atoms with Crippen LogP contribution in [0, 0.1) is 11.4 Å². The summed E-state index contributed by atoms with van der Waals surface area (Å²) in [6.07, 6.45) is 4.37. The molecule has 1 unspecified atom stereocenters. The van der Waals surface area contributed by atoms with Crippen molar-refractivity contribution in [2.45, 2.75) is 25.3 Å². The highest BCUT2D eigenvalue weighted by atomic mass is 19.1. The summed E-state index contributed by atoms with van der Waals surface area (Å²) in [7, 11) is 3.47. The standard InChI is InChI=1S/C19H28FN3O3/c1-25-10-9-23-14-19(12-16(23)13-26-2)4-7-22(8-5-19)18(24)15-3-6-21-17(20)11-15/h3,6,11,16H,4-5,7-10,12-14H2,1-2H3. The Hall–Kier alpha value is -1.57. The zero-order chi connectivity index (χ0) is 18.6. The van der Waals surface area contributed by atoms with E-state index in [0.717, 1.165) is 39.0 Å². The fourth-order valence-electron chi connectivity index (χ4n) is 4.34. The molecule has 2 fully saturated rings. The van der Waals surface area contributed by atoms with Gasteiger partial charge in [-0.1, -0.05) is 0 Å². The largest absolute Gasteiger partial charge is 0.383 e. The Labute approximate surface area is 154 Å². The summed E-state index contributed by atoms with van der Waals surface area (Å²) in [5, 5.41) is 0. The number of rotatable bonds is 6. The lowest BCUT2D eigenvalue weighted by Crippen LogP contribution is -2.44. The predicted molar refractivity (Wildman–Crippen MR) is 95.5 cm³/mol. The zero-order valence-electron chi connectivity index (χ0n) is 15.6. The maximum Gasteiger partial charge on any atom is 0.254 e. The van der Waals surface area contributed by atoms with E-state index in [0.29, 0.717) is 31.3 Å². The summed E-state index contributed by atoms with van der Waals surface area (Å²) >= 11 is 0. The second-order valence-electron chi connectivity index (χ2n) is 7.44. The van der Waals surface area contributed by atoms with Crippen LogP contribution in [0.3, 0.4) is 0 Å². The smallest absolute Gasteiger partial charge is 0.254 e. The molecule has 2 aliphatic heterocycles. The molecule has 0 aliphatic carbocycles. The Morgan fingerprint density at radius 2 is 2.12 bits per heavy atom. The SMILES string of the molecule is COCCN1CC2(CCN(C(=O)c3ccnc(F)c3)CC2)CC1COC. The summed E-state index contributed by atoms with van der Waals surface area (Å²) in [6, 6.07) is 3.20. The van der Waals surface area contributed by atoms with Gasteiger partial charge in [0.15, 0.2) is 0 Å². The van der Waals surface area contributed by atoms with Crippen molar-refractivity contribution in [1.29, 1.82) is 0 Å². The molecule has 0 aromatic carbocycles. The van der Waals surface area contributed by atoms with E-state index in [9.17, 15) is 9.18 Å². The number of carbonyl (C=O) groups excluding carboxylic acids is 1. The van der Waals surface area contributed by atoms with Gasteiger partial charge in [-0.2, -0.15) is 4.39 Å². The number of amides is 1. The summed E-state index contributed by atoms with van der Waals surface area (Å²) in [5.74, 6) is -0.722. The van der Waals surface area contributed by atoms with E-state index >= 15 is 0 Å². The van der Waals surface area contributed by atoms with E-state index in [1.54, 1.807) is 20.3 Å². The summed E-state index contributed by atoms with van der Waals surface area (Å²) < 4.78 is 23.9. The van der Waals surface area contributed by atoms with Crippen molar-refractivity contribution in [3.63, 3.8) is 0 Å². The van der Waals surface area contributed by atoms with E-state index in [-0.39, 0.29) is 11.3 Å². The molecule has 2 saturated heterocycles. The monoisotopic (exact) mass is 365 g/mol. The van der Waals surface area contributed by atoms with Gasteiger partial charge < -0.3 is 14.4 Å². The molecule has 144 valence electrons. The Morgan fingerprint density at radius 3 is 2.77 bits per heavy atom. The molecule has 7 heteroatoms. The van der Waals surface area contributed by atoms with Crippen LogP contribution in [0.5, 0.6) is 0 Å². The van der Waals surface area contributed by atoms with Crippen LogP contribution in [0.4, 0.5) is 4.39 Å². The van der Waals surface area contributed by atoms with Crippen LogP contribution in [0.25, 0.3) is 0 Å². The van der Waals surface area contributed by atoms with Crippen LogP contribution in [0.2, 0.25) is 0 Å². The highest BCUT2D eigenvalue weighted by molar-refractivity contribution is 5.94. The van der Waals surface area contributed by atoms with Crippen molar-refractivity contribution < 1.29 is 18.7 Å². The zero-order valence-corrected chi connectivity index (χ0v) is 15.6. The summed E-state index contributed by atoms with van der Waals surface area (Å²) in [4.78, 5) is 20.4. The lowest BCUT2D eigenvalue weighted by Gasteiger charge is -2.39. The molecule has 1 aromatic rings. The lowest BCUT2D eigenvalue weighted by atomic mass is 9.76. The molecule has 6 nitrogen and oxygen atoms in total. The molecule has 26 heavy (non-hydrogen) atoms. The summed E-state index contributed by atoms with van der Waals surface area (Å²) in [6.45, 7) is 4.79. The van der Waals surface area contributed by atoms with Crippen molar-refractivity contribution >= 4 is 5.91 Å². The molecule has 1 aromatic heterocycles. The third-order valence-corrected chi connectivity index (χ3v) is 5.75. The third-order valence-electron chi connectivity index (χ3n) is 5.75. The van der Waals surface area contributed by atoms with E-state index in [2.05, 4.69) is 9.88 Å². The summed E-state index contributed by atoms with van der Waals surface area (Å²) in [5.41, 5.74) is 0.607. The molecule has 0 radical (unpaired) electrons. The number of likely N-dealkylation sites (tertiary alicyclic amines) is 2. The number of pyridine rings is 1. The second kappa shape index (κ2) is 8.41. The highest BCUT2D eigenvalue weighted by Gasteiger charge is 2.45. The molecular formula is C19H28FN3O3. The highest BCUT2D eigenvalue weighted by Crippen LogP contribution is 2.43. The minimum absolute atomic E-state index is 0.108. The van der Waals surface area contributed by atoms with Gasteiger partial charge in [-0.3, -0.25) is 9.69 Å². The average molecular weight is 365 g/mol. The Morgan fingerprint density at radius 1 is 1.35 bits per heavy atom. The van der Waals surface area contributed by atoms with Crippen molar-refractivity contribution in [3.05, 3.63) is 29.8 Å². The van der Waals surface area contributed by atoms with E-state index in [4.69, 9.17) is 9.47 Å². The van der Waals surface area contributed by atoms with Crippen LogP contribution in [-0.2, 0) is 9.47 Å².